The molecule has 7 nitrogen and oxygen atoms in total. The van der Waals surface area contributed by atoms with Crippen LogP contribution in [0.2, 0.25) is 0 Å². The molecule has 1 amide bonds. The lowest BCUT2D eigenvalue weighted by atomic mass is 10.1. The smallest absolute Gasteiger partial charge is 0.255 e. The van der Waals surface area contributed by atoms with Gasteiger partial charge >= 0.3 is 0 Å². The number of para-hydroxylation sites is 1. The molecule has 146 valence electrons. The first-order chi connectivity index (χ1) is 12.3. The number of carbonyl (C=O) groups is 1. The number of nitrogens with one attached hydrogen (secondary N) is 1. The highest BCUT2D eigenvalue weighted by molar-refractivity contribution is 7.89. The van der Waals surface area contributed by atoms with Gasteiger partial charge in [-0.3, -0.25) is 4.79 Å². The van der Waals surface area contributed by atoms with Crippen molar-refractivity contribution in [2.24, 2.45) is 5.92 Å². The Morgan fingerprint density at radius 1 is 1.31 bits per heavy atom. The van der Waals surface area contributed by atoms with Crippen LogP contribution in [-0.2, 0) is 14.8 Å². The molecule has 1 aromatic carbocycles. The number of ether oxygens (including phenoxy) is 2. The van der Waals surface area contributed by atoms with Crippen molar-refractivity contribution >= 4 is 15.9 Å². The number of carbonyl (C=O) groups excluding carboxylic acids is 1. The summed E-state index contributed by atoms with van der Waals surface area (Å²) in [5.74, 6) is -0.0752. The van der Waals surface area contributed by atoms with Gasteiger partial charge in [0, 0.05) is 20.0 Å². The highest BCUT2D eigenvalue weighted by Gasteiger charge is 2.34. The Bertz CT molecular complexity index is 705. The molecule has 0 bridgehead atoms. The second-order valence-electron chi connectivity index (χ2n) is 6.64. The maximum atomic E-state index is 12.7. The van der Waals surface area contributed by atoms with E-state index in [1.807, 2.05) is 6.07 Å². The monoisotopic (exact) mass is 384 g/mol. The zero-order chi connectivity index (χ0) is 19.2. The molecule has 1 aliphatic heterocycles. The Hall–Kier alpha value is -1.64. The number of rotatable bonds is 9. The van der Waals surface area contributed by atoms with Crippen LogP contribution in [0, 0.1) is 5.92 Å². The lowest BCUT2D eigenvalue weighted by Crippen LogP contribution is -2.43. The van der Waals surface area contributed by atoms with Crippen LogP contribution < -0.4 is 10.1 Å². The van der Waals surface area contributed by atoms with Crippen molar-refractivity contribution in [3.8, 4) is 5.75 Å². The molecular weight excluding hydrogens is 356 g/mol. The van der Waals surface area contributed by atoms with E-state index in [1.54, 1.807) is 18.2 Å². The van der Waals surface area contributed by atoms with Gasteiger partial charge in [-0.25, -0.2) is 12.7 Å². The van der Waals surface area contributed by atoms with Gasteiger partial charge in [0.15, 0.2) is 0 Å². The van der Waals surface area contributed by atoms with Crippen molar-refractivity contribution in [2.45, 2.75) is 25.8 Å². The van der Waals surface area contributed by atoms with Gasteiger partial charge in [-0.2, -0.15) is 0 Å². The van der Waals surface area contributed by atoms with E-state index in [2.05, 4.69) is 12.2 Å². The van der Waals surface area contributed by atoms with E-state index in [9.17, 15) is 13.2 Å². The lowest BCUT2D eigenvalue weighted by molar-refractivity contribution is 0.0922. The summed E-state index contributed by atoms with van der Waals surface area (Å²) >= 11 is 0. The Kier molecular flexibility index (Phi) is 7.43. The molecule has 8 heteroatoms. The molecule has 1 aromatic rings. The molecule has 0 saturated carbocycles. The Morgan fingerprint density at radius 3 is 2.73 bits per heavy atom. The number of hydrogen-bond acceptors (Lipinski definition) is 5. The van der Waals surface area contributed by atoms with Crippen molar-refractivity contribution in [1.82, 2.24) is 9.62 Å². The summed E-state index contributed by atoms with van der Waals surface area (Å²) in [6.45, 7) is 3.24. The fraction of sp³-hybridized carbons (Fsp3) is 0.611. The molecule has 0 aliphatic carbocycles. The van der Waals surface area contributed by atoms with Crippen LogP contribution in [0.25, 0.3) is 0 Å². The number of nitrogens with zero attached hydrogens (tertiary/aromatic N) is 1. The number of hydrogen-bond donors (Lipinski definition) is 1. The van der Waals surface area contributed by atoms with E-state index in [1.165, 1.54) is 18.4 Å². The van der Waals surface area contributed by atoms with Crippen LogP contribution in [0.3, 0.4) is 0 Å². The molecule has 1 aliphatic rings. The topological polar surface area (TPSA) is 84.9 Å². The SMILES string of the molecule is CCCCOc1ccccc1C(=O)N[C@@H]1COC[C@H]1CS(=O)(=O)N(C)C. The van der Waals surface area contributed by atoms with Crippen molar-refractivity contribution in [3.63, 3.8) is 0 Å². The minimum absolute atomic E-state index is 0.0560. The molecule has 1 saturated heterocycles. The minimum Gasteiger partial charge on any atom is -0.493 e. The maximum absolute atomic E-state index is 12.7. The van der Waals surface area contributed by atoms with E-state index in [0.717, 1.165) is 12.8 Å². The Labute approximate surface area is 155 Å². The largest absolute Gasteiger partial charge is 0.493 e. The molecule has 0 radical (unpaired) electrons. The number of amides is 1. The Morgan fingerprint density at radius 2 is 2.04 bits per heavy atom. The van der Waals surface area contributed by atoms with Gasteiger partial charge in [-0.1, -0.05) is 25.5 Å². The Balaban J connectivity index is 2.05. The molecule has 1 fully saturated rings. The third kappa shape index (κ3) is 5.43. The molecular formula is C18H28N2O5S. The maximum Gasteiger partial charge on any atom is 0.255 e. The van der Waals surface area contributed by atoms with Gasteiger partial charge in [0.1, 0.15) is 5.75 Å². The molecule has 2 atom stereocenters. The summed E-state index contributed by atoms with van der Waals surface area (Å²) in [5, 5.41) is 2.91. The average Bonchev–Trinajstić information content (AvgIpc) is 3.01. The van der Waals surface area contributed by atoms with Gasteiger partial charge in [0.05, 0.1) is 37.2 Å². The van der Waals surface area contributed by atoms with Crippen LogP contribution in [0.4, 0.5) is 0 Å². The van der Waals surface area contributed by atoms with Crippen LogP contribution in [0.15, 0.2) is 24.3 Å². The van der Waals surface area contributed by atoms with E-state index in [-0.39, 0.29) is 23.6 Å². The fourth-order valence-electron chi connectivity index (χ4n) is 2.69. The van der Waals surface area contributed by atoms with Crippen molar-refractivity contribution < 1.29 is 22.7 Å². The molecule has 1 N–H and O–H groups in total. The first-order valence-corrected chi connectivity index (χ1v) is 10.5. The minimum atomic E-state index is -3.36. The average molecular weight is 384 g/mol. The van der Waals surface area contributed by atoms with Gasteiger partial charge in [0.25, 0.3) is 5.91 Å². The highest BCUT2D eigenvalue weighted by Crippen LogP contribution is 2.21. The van der Waals surface area contributed by atoms with E-state index >= 15 is 0 Å². The van der Waals surface area contributed by atoms with Gasteiger partial charge in [-0.05, 0) is 18.6 Å². The molecule has 1 heterocycles. The van der Waals surface area contributed by atoms with Crippen molar-refractivity contribution in [2.75, 3.05) is 39.7 Å². The summed E-state index contributed by atoms with van der Waals surface area (Å²) in [7, 11) is -0.356. The molecule has 26 heavy (non-hydrogen) atoms. The summed E-state index contributed by atoms with van der Waals surface area (Å²) < 4.78 is 36.6. The summed E-state index contributed by atoms with van der Waals surface area (Å²) in [5.41, 5.74) is 0.449. The van der Waals surface area contributed by atoms with Gasteiger partial charge < -0.3 is 14.8 Å². The second-order valence-corrected chi connectivity index (χ2v) is 8.86. The molecule has 0 unspecified atom stereocenters. The van der Waals surface area contributed by atoms with Crippen LogP contribution in [0.1, 0.15) is 30.1 Å². The van der Waals surface area contributed by atoms with Crippen molar-refractivity contribution in [3.05, 3.63) is 29.8 Å². The number of benzene rings is 1. The quantitative estimate of drug-likeness (QED) is 0.652. The molecule has 0 aromatic heterocycles. The first-order valence-electron chi connectivity index (χ1n) is 8.85. The predicted molar refractivity (Wildman–Crippen MR) is 99.9 cm³/mol. The third-order valence-corrected chi connectivity index (χ3v) is 6.35. The number of sulfonamides is 1. The van der Waals surface area contributed by atoms with E-state index in [4.69, 9.17) is 9.47 Å². The first kappa shape index (κ1) is 20.7. The zero-order valence-electron chi connectivity index (χ0n) is 15.6. The highest BCUT2D eigenvalue weighted by atomic mass is 32.2. The summed E-state index contributed by atoms with van der Waals surface area (Å²) in [6.07, 6.45) is 1.92. The fourth-order valence-corrected chi connectivity index (χ4v) is 3.86. The van der Waals surface area contributed by atoms with Crippen LogP contribution in [0.5, 0.6) is 5.75 Å². The van der Waals surface area contributed by atoms with Crippen LogP contribution >= 0.6 is 0 Å². The number of unbranched alkanes of at least 4 members (excludes halogenated alkanes) is 1. The normalized spacial score (nSPS) is 20.3. The lowest BCUT2D eigenvalue weighted by Gasteiger charge is -2.21. The predicted octanol–water partition coefficient (Wildman–Crippen LogP) is 1.50. The second kappa shape index (κ2) is 9.34. The summed E-state index contributed by atoms with van der Waals surface area (Å²) in [4.78, 5) is 12.7. The summed E-state index contributed by atoms with van der Waals surface area (Å²) in [6, 6.07) is 6.73. The van der Waals surface area contributed by atoms with Crippen LogP contribution in [-0.4, -0.2) is 64.3 Å². The van der Waals surface area contributed by atoms with Gasteiger partial charge in [-0.15, -0.1) is 0 Å². The van der Waals surface area contributed by atoms with Gasteiger partial charge in [0.2, 0.25) is 10.0 Å². The zero-order valence-corrected chi connectivity index (χ0v) is 16.4. The molecule has 0 spiro atoms. The standard InChI is InChI=1S/C18H28N2O5S/c1-4-5-10-25-17-9-7-6-8-15(17)18(21)19-16-12-24-11-14(16)13-26(22,23)20(2)3/h6-9,14,16H,4-5,10-13H2,1-3H3,(H,19,21)/t14-,16+/m0/s1. The van der Waals surface area contributed by atoms with E-state index in [0.29, 0.717) is 31.1 Å². The third-order valence-electron chi connectivity index (χ3n) is 4.38. The van der Waals surface area contributed by atoms with Crippen molar-refractivity contribution in [1.29, 1.82) is 0 Å². The molecule has 2 rings (SSSR count). The van der Waals surface area contributed by atoms with E-state index < -0.39 is 10.0 Å².